The standard InChI is InChI=1S/C20H25NO3S2/c1-13-5-6-20(14(2)9-13)25-11-19(22)18-10-15(3)21(16(18)4)17-7-8-26(23,24)12-17/h5-6,9-10,17H,7-8,11-12H2,1-4H3/t17-/m0/s1. The normalized spacial score (nSPS) is 19.0. The minimum Gasteiger partial charge on any atom is -0.344 e. The van der Waals surface area contributed by atoms with E-state index < -0.39 is 9.84 Å². The number of carbonyl (C=O) groups is 1. The Kier molecular flexibility index (Phi) is 5.35. The van der Waals surface area contributed by atoms with Crippen molar-refractivity contribution in [2.24, 2.45) is 0 Å². The van der Waals surface area contributed by atoms with Crippen LogP contribution in [0.15, 0.2) is 29.2 Å². The van der Waals surface area contributed by atoms with Gasteiger partial charge in [0.05, 0.1) is 17.3 Å². The summed E-state index contributed by atoms with van der Waals surface area (Å²) in [5.74, 6) is 0.890. The molecule has 0 aliphatic carbocycles. The molecule has 1 aliphatic rings. The first-order chi connectivity index (χ1) is 12.2. The molecule has 2 heterocycles. The van der Waals surface area contributed by atoms with Crippen LogP contribution in [0.4, 0.5) is 0 Å². The lowest BCUT2D eigenvalue weighted by Crippen LogP contribution is -2.14. The highest BCUT2D eigenvalue weighted by Crippen LogP contribution is 2.30. The van der Waals surface area contributed by atoms with Gasteiger partial charge in [0.15, 0.2) is 15.6 Å². The summed E-state index contributed by atoms with van der Waals surface area (Å²) in [5, 5.41) is 0. The van der Waals surface area contributed by atoms with Crippen molar-refractivity contribution in [3.8, 4) is 0 Å². The van der Waals surface area contributed by atoms with Crippen LogP contribution in [0.3, 0.4) is 0 Å². The molecule has 1 aliphatic heterocycles. The van der Waals surface area contributed by atoms with Gasteiger partial charge in [0.25, 0.3) is 0 Å². The number of hydrogen-bond acceptors (Lipinski definition) is 4. The van der Waals surface area contributed by atoms with Gasteiger partial charge in [-0.3, -0.25) is 4.79 Å². The molecule has 0 bridgehead atoms. The zero-order valence-corrected chi connectivity index (χ0v) is 17.3. The summed E-state index contributed by atoms with van der Waals surface area (Å²) < 4.78 is 25.7. The molecule has 1 aromatic carbocycles. The van der Waals surface area contributed by atoms with Crippen molar-refractivity contribution in [1.29, 1.82) is 0 Å². The van der Waals surface area contributed by atoms with E-state index in [0.29, 0.717) is 17.7 Å². The molecule has 26 heavy (non-hydrogen) atoms. The fraction of sp³-hybridized carbons (Fsp3) is 0.450. The van der Waals surface area contributed by atoms with Crippen LogP contribution >= 0.6 is 11.8 Å². The van der Waals surface area contributed by atoms with Crippen molar-refractivity contribution >= 4 is 27.4 Å². The maximum atomic E-state index is 12.8. The number of Topliss-reactive ketones (excluding diaryl/α,β-unsaturated/α-hetero) is 1. The minimum atomic E-state index is -2.95. The van der Waals surface area contributed by atoms with Crippen LogP contribution in [0, 0.1) is 27.7 Å². The molecule has 2 aromatic rings. The lowest BCUT2D eigenvalue weighted by atomic mass is 10.2. The monoisotopic (exact) mass is 391 g/mol. The van der Waals surface area contributed by atoms with Crippen molar-refractivity contribution in [3.05, 3.63) is 52.3 Å². The second-order valence-electron chi connectivity index (χ2n) is 7.19. The summed E-state index contributed by atoms with van der Waals surface area (Å²) in [6.07, 6.45) is 0.629. The molecule has 3 rings (SSSR count). The fourth-order valence-electron chi connectivity index (χ4n) is 3.78. The fourth-order valence-corrected chi connectivity index (χ4v) is 6.38. The summed E-state index contributed by atoms with van der Waals surface area (Å²) in [6, 6.07) is 8.11. The first-order valence-electron chi connectivity index (χ1n) is 8.80. The molecule has 0 amide bonds. The quantitative estimate of drug-likeness (QED) is 0.570. The van der Waals surface area contributed by atoms with Gasteiger partial charge in [-0.25, -0.2) is 8.42 Å². The van der Waals surface area contributed by atoms with E-state index in [1.54, 1.807) is 11.8 Å². The summed E-state index contributed by atoms with van der Waals surface area (Å²) in [7, 11) is -2.95. The van der Waals surface area contributed by atoms with Crippen molar-refractivity contribution < 1.29 is 13.2 Å². The Morgan fingerprint density at radius 2 is 1.92 bits per heavy atom. The largest absolute Gasteiger partial charge is 0.344 e. The van der Waals surface area contributed by atoms with Crippen molar-refractivity contribution in [1.82, 2.24) is 4.57 Å². The molecule has 6 heteroatoms. The molecule has 0 radical (unpaired) electrons. The highest BCUT2D eigenvalue weighted by atomic mass is 32.2. The van der Waals surface area contributed by atoms with E-state index in [0.717, 1.165) is 16.3 Å². The summed E-state index contributed by atoms with van der Waals surface area (Å²) in [6.45, 7) is 8.00. The average Bonchev–Trinajstić information content (AvgIpc) is 3.05. The van der Waals surface area contributed by atoms with Crippen molar-refractivity contribution in [2.45, 2.75) is 45.1 Å². The Morgan fingerprint density at radius 3 is 2.54 bits per heavy atom. The molecule has 140 valence electrons. The van der Waals surface area contributed by atoms with Crippen molar-refractivity contribution in [3.63, 3.8) is 0 Å². The summed E-state index contributed by atoms with van der Waals surface area (Å²) in [5.41, 5.74) is 4.96. The Balaban J connectivity index is 1.77. The topological polar surface area (TPSA) is 56.1 Å². The Hall–Kier alpha value is -1.53. The second kappa shape index (κ2) is 7.24. The smallest absolute Gasteiger partial charge is 0.174 e. The van der Waals surface area contributed by atoms with Gasteiger partial charge in [0, 0.05) is 27.9 Å². The second-order valence-corrected chi connectivity index (χ2v) is 10.4. The first-order valence-corrected chi connectivity index (χ1v) is 11.6. The van der Waals surface area contributed by atoms with Gasteiger partial charge in [-0.2, -0.15) is 0 Å². The third kappa shape index (κ3) is 3.91. The van der Waals surface area contributed by atoms with Gasteiger partial charge in [0.1, 0.15) is 0 Å². The van der Waals surface area contributed by atoms with Crippen LogP contribution < -0.4 is 0 Å². The highest BCUT2D eigenvalue weighted by Gasteiger charge is 2.31. The number of thioether (sulfide) groups is 1. The lowest BCUT2D eigenvalue weighted by molar-refractivity contribution is 0.102. The number of rotatable bonds is 5. The average molecular weight is 392 g/mol. The Bertz CT molecular complexity index is 958. The molecule has 0 unspecified atom stereocenters. The molecule has 1 atom stereocenters. The SMILES string of the molecule is Cc1ccc(SCC(=O)c2cc(C)n([C@H]3CCS(=O)(=O)C3)c2C)c(C)c1. The van der Waals surface area contributed by atoms with Crippen LogP contribution in [0.2, 0.25) is 0 Å². The van der Waals surface area contributed by atoms with Gasteiger partial charge >= 0.3 is 0 Å². The third-order valence-electron chi connectivity index (χ3n) is 5.05. The summed E-state index contributed by atoms with van der Waals surface area (Å²) >= 11 is 1.56. The van der Waals surface area contributed by atoms with E-state index in [9.17, 15) is 13.2 Å². The van der Waals surface area contributed by atoms with E-state index in [4.69, 9.17) is 0 Å². The van der Waals surface area contributed by atoms with Crippen LogP contribution in [0.25, 0.3) is 0 Å². The molecule has 4 nitrogen and oxygen atoms in total. The van der Waals surface area contributed by atoms with E-state index in [1.807, 2.05) is 24.5 Å². The highest BCUT2D eigenvalue weighted by molar-refractivity contribution is 8.00. The van der Waals surface area contributed by atoms with Crippen LogP contribution in [0.1, 0.15) is 45.3 Å². The molecule has 1 fully saturated rings. The van der Waals surface area contributed by atoms with Crippen LogP contribution in [-0.4, -0.2) is 36.0 Å². The van der Waals surface area contributed by atoms with E-state index >= 15 is 0 Å². The number of sulfone groups is 1. The first kappa shape index (κ1) is 19.2. The summed E-state index contributed by atoms with van der Waals surface area (Å²) in [4.78, 5) is 13.9. The molecular formula is C20H25NO3S2. The Labute approximate surface area is 159 Å². The van der Waals surface area contributed by atoms with E-state index in [2.05, 4.69) is 32.0 Å². The van der Waals surface area contributed by atoms with Gasteiger partial charge in [0.2, 0.25) is 0 Å². The molecule has 1 saturated heterocycles. The van der Waals surface area contributed by atoms with Gasteiger partial charge in [-0.15, -0.1) is 11.8 Å². The zero-order chi connectivity index (χ0) is 19.1. The minimum absolute atomic E-state index is 0.0476. The van der Waals surface area contributed by atoms with E-state index in [-0.39, 0.29) is 23.3 Å². The third-order valence-corrected chi connectivity index (χ3v) is 7.97. The van der Waals surface area contributed by atoms with Crippen LogP contribution in [-0.2, 0) is 9.84 Å². The predicted octanol–water partition coefficient (Wildman–Crippen LogP) is 4.06. The number of ketones is 1. The number of carbonyl (C=O) groups excluding carboxylic acids is 1. The van der Waals surface area contributed by atoms with Crippen molar-refractivity contribution in [2.75, 3.05) is 17.3 Å². The molecule has 0 N–H and O–H groups in total. The van der Waals surface area contributed by atoms with Gasteiger partial charge in [-0.1, -0.05) is 17.7 Å². The maximum Gasteiger partial charge on any atom is 0.174 e. The molecule has 1 aromatic heterocycles. The van der Waals surface area contributed by atoms with Gasteiger partial charge < -0.3 is 4.57 Å². The zero-order valence-electron chi connectivity index (χ0n) is 15.7. The Morgan fingerprint density at radius 1 is 1.19 bits per heavy atom. The maximum absolute atomic E-state index is 12.8. The molecular weight excluding hydrogens is 366 g/mol. The lowest BCUT2D eigenvalue weighted by Gasteiger charge is -2.16. The van der Waals surface area contributed by atoms with Gasteiger partial charge in [-0.05, 0) is 51.8 Å². The number of nitrogens with zero attached hydrogens (tertiary/aromatic N) is 1. The number of aryl methyl sites for hydroxylation is 3. The number of aromatic nitrogens is 1. The number of hydrogen-bond donors (Lipinski definition) is 0. The molecule has 0 spiro atoms. The van der Waals surface area contributed by atoms with E-state index in [1.165, 1.54) is 11.1 Å². The molecule has 0 saturated carbocycles. The predicted molar refractivity (Wildman–Crippen MR) is 107 cm³/mol. The number of benzene rings is 1. The van der Waals surface area contributed by atoms with Crippen LogP contribution in [0.5, 0.6) is 0 Å².